The van der Waals surface area contributed by atoms with Crippen LogP contribution in [0.25, 0.3) is 0 Å². The first kappa shape index (κ1) is 48.7. The van der Waals surface area contributed by atoms with Crippen molar-refractivity contribution in [2.24, 2.45) is 11.8 Å². The number of allylic oxidation sites excluding steroid dienone is 4. The van der Waals surface area contributed by atoms with Crippen molar-refractivity contribution >= 4 is 39.5 Å². The molecule has 2 unspecified atom stereocenters. The second-order valence-electron chi connectivity index (χ2n) is 18.1. The Hall–Kier alpha value is -2.30. The molecule has 1 saturated heterocycles. The summed E-state index contributed by atoms with van der Waals surface area (Å²) in [6, 6.07) is 7.61. The summed E-state index contributed by atoms with van der Waals surface area (Å²) in [5, 5.41) is 64.6. The first-order chi connectivity index (χ1) is 28.8. The second kappa shape index (κ2) is 22.9. The fourth-order valence-electron chi connectivity index (χ4n) is 10.5. The fourth-order valence-corrected chi connectivity index (χ4v) is 14.2. The van der Waals surface area contributed by atoms with E-state index in [1.54, 1.807) is 0 Å². The van der Waals surface area contributed by atoms with Gasteiger partial charge in [0.05, 0.1) is 17.3 Å². The van der Waals surface area contributed by atoms with Crippen LogP contribution in [0.15, 0.2) is 71.9 Å². The number of alkyl halides is 1. The van der Waals surface area contributed by atoms with Crippen molar-refractivity contribution in [2.45, 2.75) is 151 Å². The van der Waals surface area contributed by atoms with Gasteiger partial charge < -0.3 is 30.6 Å². The van der Waals surface area contributed by atoms with Crippen LogP contribution < -0.4 is 0 Å². The number of benzene rings is 2. The van der Waals surface area contributed by atoms with Gasteiger partial charge in [0, 0.05) is 39.8 Å². The van der Waals surface area contributed by atoms with Crippen LogP contribution in [0.3, 0.4) is 0 Å². The van der Waals surface area contributed by atoms with Crippen LogP contribution in [-0.4, -0.2) is 60.7 Å². The van der Waals surface area contributed by atoms with Gasteiger partial charge in [-0.05, 0) is 135 Å². The van der Waals surface area contributed by atoms with Crippen LogP contribution in [-0.2, 0) is 9.49 Å². The van der Waals surface area contributed by atoms with E-state index in [9.17, 15) is 30.6 Å². The molecule has 4 aliphatic rings. The molecule has 60 heavy (non-hydrogen) atoms. The number of aromatic hydroxyl groups is 4. The van der Waals surface area contributed by atoms with Crippen LogP contribution in [0.4, 0.5) is 0 Å². The molecule has 1 saturated carbocycles. The molecule has 6 nitrogen and oxygen atoms in total. The normalized spacial score (nSPS) is 23.4. The van der Waals surface area contributed by atoms with Gasteiger partial charge in [0.25, 0.3) is 0 Å². The number of hydrogen-bond donors (Lipinski definition) is 6. The highest BCUT2D eigenvalue weighted by molar-refractivity contribution is 9.09. The number of hydrogen-bond acceptors (Lipinski definition) is 8. The predicted octanol–water partition coefficient (Wildman–Crippen LogP) is 13.5. The van der Waals surface area contributed by atoms with E-state index in [2.05, 4.69) is 36.0 Å². The molecular weight excluding hydrogens is 853 g/mol. The maximum atomic E-state index is 11.1. The molecule has 4 atom stereocenters. The molecule has 0 aromatic heterocycles. The number of phenolic OH excluding ortho intramolecular Hbond substituents is 4. The van der Waals surface area contributed by atoms with E-state index < -0.39 is 0 Å². The zero-order chi connectivity index (χ0) is 43.5. The number of phenols is 4. The molecule has 9 heteroatoms. The van der Waals surface area contributed by atoms with Gasteiger partial charge in [0.2, 0.25) is 0 Å². The smallest absolute Gasteiger partial charge is 0.123 e. The van der Waals surface area contributed by atoms with Crippen molar-refractivity contribution in [3.8, 4) is 23.0 Å². The van der Waals surface area contributed by atoms with Crippen molar-refractivity contribution in [1.29, 1.82) is 0 Å². The van der Waals surface area contributed by atoms with Crippen molar-refractivity contribution in [2.75, 3.05) is 30.0 Å². The van der Waals surface area contributed by atoms with Gasteiger partial charge in [-0.15, -0.1) is 23.5 Å². The van der Waals surface area contributed by atoms with E-state index >= 15 is 0 Å². The Morgan fingerprint density at radius 3 is 1.55 bits per heavy atom. The third kappa shape index (κ3) is 11.6. The molecule has 2 aromatic rings. The zero-order valence-electron chi connectivity index (χ0n) is 36.6. The van der Waals surface area contributed by atoms with Gasteiger partial charge in [-0.25, -0.2) is 0 Å². The average molecular weight is 926 g/mol. The van der Waals surface area contributed by atoms with Crippen LogP contribution in [0, 0.1) is 11.8 Å². The van der Waals surface area contributed by atoms with Gasteiger partial charge in [-0.2, -0.15) is 0 Å². The third-order valence-electron chi connectivity index (χ3n) is 13.9. The molecular formula is C51H73BrO6S2. The first-order valence-electron chi connectivity index (χ1n) is 22.7. The van der Waals surface area contributed by atoms with Crippen molar-refractivity contribution in [3.63, 3.8) is 0 Å². The average Bonchev–Trinajstić information content (AvgIpc) is 3.92. The summed E-state index contributed by atoms with van der Waals surface area (Å²) in [4.78, 5) is 0. The highest BCUT2D eigenvalue weighted by atomic mass is 79.9. The standard InChI is InChI=1S/C26H37BrO3.C25H36O3S2/c1-18(2)21-9-8-19(17-28)14-22(21)25-23(29)15-20(16-24(25)30)26(11-5-6-12-26)10-4-3-7-13-27;1-4-5-6-7-10-25(29-11-12-30-25)19-14-22(27)24(23(28)15-19)21-13-18(16-26)8-9-20(21)17(2)3/h14-16,21-22,28-30H,1,3-13,17H2,2H3;13-15,20-21,26-28H,2,4-12,16H2,1,3H3/t21?,22-;20?,21-/m00/s1. The summed E-state index contributed by atoms with van der Waals surface area (Å²) in [6.45, 7) is 14.6. The van der Waals surface area contributed by atoms with Crippen molar-refractivity contribution < 1.29 is 30.6 Å². The largest absolute Gasteiger partial charge is 0.507 e. The van der Waals surface area contributed by atoms with Crippen molar-refractivity contribution in [3.05, 3.63) is 94.1 Å². The Morgan fingerprint density at radius 2 is 1.12 bits per heavy atom. The summed E-state index contributed by atoms with van der Waals surface area (Å²) < 4.78 is -0.0757. The van der Waals surface area contributed by atoms with E-state index in [0.717, 1.165) is 102 Å². The van der Waals surface area contributed by atoms with E-state index in [1.807, 2.05) is 73.8 Å². The summed E-state index contributed by atoms with van der Waals surface area (Å²) in [5.74, 6) is 2.91. The van der Waals surface area contributed by atoms with E-state index in [-0.39, 0.29) is 69.4 Å². The van der Waals surface area contributed by atoms with Crippen LogP contribution in [0.5, 0.6) is 23.0 Å². The quantitative estimate of drug-likeness (QED) is 0.0497. The second-order valence-corrected chi connectivity index (χ2v) is 21.9. The van der Waals surface area contributed by atoms with Gasteiger partial charge in [0.15, 0.2) is 0 Å². The highest BCUT2D eigenvalue weighted by Gasteiger charge is 2.40. The third-order valence-corrected chi connectivity index (χ3v) is 18.0. The molecule has 332 valence electrons. The maximum absolute atomic E-state index is 11.1. The van der Waals surface area contributed by atoms with Crippen LogP contribution in [0.1, 0.15) is 164 Å². The van der Waals surface area contributed by atoms with Crippen molar-refractivity contribution in [1.82, 2.24) is 0 Å². The number of halogens is 1. The molecule has 3 aliphatic carbocycles. The highest BCUT2D eigenvalue weighted by Crippen LogP contribution is 2.58. The van der Waals surface area contributed by atoms with Gasteiger partial charge in [-0.3, -0.25) is 0 Å². The molecule has 1 aliphatic heterocycles. The lowest BCUT2D eigenvalue weighted by molar-refractivity contribution is 0.314. The summed E-state index contributed by atoms with van der Waals surface area (Å²) in [6.07, 6.45) is 22.8. The Labute approximate surface area is 378 Å². The number of rotatable bonds is 18. The van der Waals surface area contributed by atoms with Gasteiger partial charge in [-0.1, -0.05) is 111 Å². The molecule has 6 N–H and O–H groups in total. The van der Waals surface area contributed by atoms with Crippen LogP contribution >= 0.6 is 39.5 Å². The summed E-state index contributed by atoms with van der Waals surface area (Å²) >= 11 is 7.42. The first-order valence-corrected chi connectivity index (χ1v) is 25.8. The molecule has 0 spiro atoms. The van der Waals surface area contributed by atoms with Gasteiger partial charge in [0.1, 0.15) is 23.0 Å². The number of aliphatic hydroxyl groups is 2. The summed E-state index contributed by atoms with van der Waals surface area (Å²) in [5.41, 5.74) is 7.39. The van der Waals surface area contributed by atoms with E-state index in [1.165, 1.54) is 57.8 Å². The Morgan fingerprint density at radius 1 is 0.667 bits per heavy atom. The topological polar surface area (TPSA) is 121 Å². The van der Waals surface area contributed by atoms with E-state index in [4.69, 9.17) is 0 Å². The molecule has 0 radical (unpaired) electrons. The fraction of sp³-hybridized carbons (Fsp3) is 0.608. The zero-order valence-corrected chi connectivity index (χ0v) is 39.8. The van der Waals surface area contributed by atoms with Crippen LogP contribution in [0.2, 0.25) is 0 Å². The molecule has 2 aromatic carbocycles. The molecule has 1 heterocycles. The van der Waals surface area contributed by atoms with E-state index in [0.29, 0.717) is 11.1 Å². The van der Waals surface area contributed by atoms with Gasteiger partial charge >= 0.3 is 0 Å². The number of thioether (sulfide) groups is 2. The molecule has 2 fully saturated rings. The maximum Gasteiger partial charge on any atom is 0.123 e. The predicted molar refractivity (Wildman–Crippen MR) is 258 cm³/mol. The minimum absolute atomic E-state index is 0.0210. The Bertz CT molecular complexity index is 1650. The summed E-state index contributed by atoms with van der Waals surface area (Å²) in [7, 11) is 0. The number of aliphatic hydroxyl groups excluding tert-OH is 2. The minimum atomic E-state index is -0.156. The molecule has 0 amide bonds. The lowest BCUT2D eigenvalue weighted by atomic mass is 9.71. The minimum Gasteiger partial charge on any atom is -0.507 e. The lowest BCUT2D eigenvalue weighted by Gasteiger charge is -2.34. The molecule has 6 rings (SSSR count). The Kier molecular flexibility index (Phi) is 18.6. The number of unbranched alkanes of at least 4 members (excludes halogenated alkanes) is 5. The lowest BCUT2D eigenvalue weighted by Crippen LogP contribution is -2.23. The Balaban J connectivity index is 0.000000228. The molecule has 0 bridgehead atoms. The monoisotopic (exact) mass is 924 g/mol. The SMILES string of the molecule is C=C(C)C1CCC(CO)=C[C@@H]1c1c(O)cc(C2(CCCCCBr)CCCC2)cc1O.C=C(C)C1CCC(CO)=C[C@@H]1c1c(O)cc(C2(CCCCCC)SCCS2)cc1O.